The van der Waals surface area contributed by atoms with Gasteiger partial charge < -0.3 is 14.7 Å². The second-order valence-electron chi connectivity index (χ2n) is 9.33. The Kier molecular flexibility index (Phi) is 6.24. The summed E-state index contributed by atoms with van der Waals surface area (Å²) in [7, 11) is 0. The molecule has 0 bridgehead atoms. The third-order valence-corrected chi connectivity index (χ3v) is 7.06. The first-order valence-electron chi connectivity index (χ1n) is 12.2. The number of piperidine rings is 1. The predicted molar refractivity (Wildman–Crippen MR) is 124 cm³/mol. The van der Waals surface area contributed by atoms with Crippen LogP contribution in [0.1, 0.15) is 67.3 Å². The summed E-state index contributed by atoms with van der Waals surface area (Å²) in [5, 5.41) is 0. The topological polar surface area (TPSA) is 82.5 Å². The van der Waals surface area contributed by atoms with Gasteiger partial charge in [0.05, 0.1) is 24.8 Å². The molecule has 5 heterocycles. The molecule has 2 amide bonds. The van der Waals surface area contributed by atoms with Crippen molar-refractivity contribution in [3.8, 4) is 0 Å². The lowest BCUT2D eigenvalue weighted by molar-refractivity contribution is -0.141. The molecule has 3 aliphatic heterocycles. The highest BCUT2D eigenvalue weighted by Crippen LogP contribution is 2.34. The van der Waals surface area contributed by atoms with Crippen LogP contribution >= 0.6 is 0 Å². The lowest BCUT2D eigenvalue weighted by Gasteiger charge is -2.37. The van der Waals surface area contributed by atoms with E-state index in [4.69, 9.17) is 9.97 Å². The maximum absolute atomic E-state index is 13.2. The quantitative estimate of drug-likeness (QED) is 0.700. The maximum atomic E-state index is 13.2. The minimum atomic E-state index is -0.133. The molecule has 8 heteroatoms. The highest BCUT2D eigenvalue weighted by atomic mass is 16.2. The monoisotopic (exact) mass is 448 g/mol. The van der Waals surface area contributed by atoms with Crippen molar-refractivity contribution >= 4 is 17.6 Å². The van der Waals surface area contributed by atoms with E-state index in [0.29, 0.717) is 26.1 Å². The predicted octanol–water partition coefficient (Wildman–Crippen LogP) is 2.81. The van der Waals surface area contributed by atoms with Crippen LogP contribution in [-0.4, -0.2) is 62.7 Å². The summed E-state index contributed by atoms with van der Waals surface area (Å²) in [4.78, 5) is 45.7. The second kappa shape index (κ2) is 9.45. The summed E-state index contributed by atoms with van der Waals surface area (Å²) in [5.41, 5.74) is 3.23. The summed E-state index contributed by atoms with van der Waals surface area (Å²) in [5.74, 6) is 1.82. The second-order valence-corrected chi connectivity index (χ2v) is 9.33. The van der Waals surface area contributed by atoms with Crippen LogP contribution in [0.2, 0.25) is 0 Å². The Morgan fingerprint density at radius 3 is 2.67 bits per heavy atom. The molecule has 0 unspecified atom stereocenters. The first-order chi connectivity index (χ1) is 16.1. The molecule has 1 atom stereocenters. The lowest BCUT2D eigenvalue weighted by atomic mass is 9.99. The molecule has 33 heavy (non-hydrogen) atoms. The van der Waals surface area contributed by atoms with Gasteiger partial charge in [0.1, 0.15) is 5.82 Å². The number of carbonyl (C=O) groups excluding carboxylic acids is 2. The van der Waals surface area contributed by atoms with Crippen molar-refractivity contribution in [1.82, 2.24) is 24.8 Å². The number of carbonyl (C=O) groups is 2. The lowest BCUT2D eigenvalue weighted by Crippen LogP contribution is -2.45. The third-order valence-electron chi connectivity index (χ3n) is 7.06. The molecule has 2 aromatic heterocycles. The number of pyridine rings is 1. The van der Waals surface area contributed by atoms with Crippen molar-refractivity contribution in [2.75, 3.05) is 31.1 Å². The van der Waals surface area contributed by atoms with Crippen molar-refractivity contribution in [2.24, 2.45) is 0 Å². The molecule has 174 valence electrons. The van der Waals surface area contributed by atoms with Crippen molar-refractivity contribution in [2.45, 2.75) is 64.5 Å². The van der Waals surface area contributed by atoms with E-state index in [1.807, 2.05) is 29.3 Å². The molecule has 0 spiro atoms. The van der Waals surface area contributed by atoms with Crippen LogP contribution < -0.4 is 4.90 Å². The largest absolute Gasteiger partial charge is 0.350 e. The maximum Gasteiger partial charge on any atom is 0.242 e. The molecule has 3 aliphatic rings. The number of likely N-dealkylation sites (tertiary alicyclic amines) is 2. The van der Waals surface area contributed by atoms with Gasteiger partial charge in [0.15, 0.2) is 5.82 Å². The summed E-state index contributed by atoms with van der Waals surface area (Å²) < 4.78 is 0. The number of hydrogen-bond acceptors (Lipinski definition) is 6. The molecule has 0 radical (unpaired) electrons. The van der Waals surface area contributed by atoms with Gasteiger partial charge in [-0.2, -0.15) is 0 Å². The van der Waals surface area contributed by atoms with Gasteiger partial charge in [-0.1, -0.05) is 6.07 Å². The summed E-state index contributed by atoms with van der Waals surface area (Å²) in [6, 6.07) is 5.86. The number of aryl methyl sites for hydroxylation is 1. The van der Waals surface area contributed by atoms with E-state index in [9.17, 15) is 9.59 Å². The Labute approximate surface area is 195 Å². The van der Waals surface area contributed by atoms with E-state index < -0.39 is 0 Å². The normalized spacial score (nSPS) is 20.8. The average molecular weight is 449 g/mol. The fourth-order valence-electron chi connectivity index (χ4n) is 5.32. The van der Waals surface area contributed by atoms with Crippen LogP contribution in [0, 0.1) is 6.92 Å². The zero-order valence-corrected chi connectivity index (χ0v) is 19.4. The van der Waals surface area contributed by atoms with Crippen LogP contribution in [0.4, 0.5) is 5.82 Å². The van der Waals surface area contributed by atoms with Gasteiger partial charge in [-0.25, -0.2) is 9.97 Å². The highest BCUT2D eigenvalue weighted by Gasteiger charge is 2.34. The van der Waals surface area contributed by atoms with E-state index in [1.165, 1.54) is 5.56 Å². The fraction of sp³-hybridized carbons (Fsp3) is 0.560. The Morgan fingerprint density at radius 2 is 1.88 bits per heavy atom. The molecule has 5 rings (SSSR count). The zero-order valence-electron chi connectivity index (χ0n) is 19.4. The van der Waals surface area contributed by atoms with Crippen molar-refractivity contribution in [3.05, 3.63) is 47.2 Å². The van der Waals surface area contributed by atoms with Crippen LogP contribution in [0.25, 0.3) is 0 Å². The minimum absolute atomic E-state index is 0.0132. The molecular weight excluding hydrogens is 416 g/mol. The Balaban J connectivity index is 1.41. The molecule has 2 fully saturated rings. The van der Waals surface area contributed by atoms with Gasteiger partial charge in [0.25, 0.3) is 0 Å². The SMILES string of the molecule is Cc1nc([C@H]2CCCCN2C(=O)CN2CCCC2=O)nc2c1CCCN2Cc1ccccn1. The zero-order chi connectivity index (χ0) is 22.8. The molecule has 0 aromatic carbocycles. The summed E-state index contributed by atoms with van der Waals surface area (Å²) in [6.07, 6.45) is 8.16. The first kappa shape index (κ1) is 21.8. The number of aromatic nitrogens is 3. The van der Waals surface area contributed by atoms with Crippen LogP contribution in [-0.2, 0) is 22.6 Å². The fourth-order valence-corrected chi connectivity index (χ4v) is 5.32. The Morgan fingerprint density at radius 1 is 1.03 bits per heavy atom. The van der Waals surface area contributed by atoms with E-state index in [2.05, 4.69) is 16.8 Å². The van der Waals surface area contributed by atoms with E-state index in [-0.39, 0.29) is 24.4 Å². The molecule has 0 aliphatic carbocycles. The number of rotatable bonds is 5. The smallest absolute Gasteiger partial charge is 0.242 e. The highest BCUT2D eigenvalue weighted by molar-refractivity contribution is 5.86. The molecular formula is C25H32N6O2. The standard InChI is InChI=1S/C25H32N6O2/c1-18-20-9-6-14-30(16-19-8-2-4-12-26-19)25(20)28-24(27-18)21-10-3-5-15-31(21)23(33)17-29-13-7-11-22(29)32/h2,4,8,12,21H,3,5-7,9-11,13-17H2,1H3/t21-/m1/s1. The van der Waals surface area contributed by atoms with Crippen LogP contribution in [0.5, 0.6) is 0 Å². The number of fused-ring (bicyclic) bond motifs is 1. The number of anilines is 1. The van der Waals surface area contributed by atoms with Crippen molar-refractivity contribution < 1.29 is 9.59 Å². The van der Waals surface area contributed by atoms with Crippen molar-refractivity contribution in [1.29, 1.82) is 0 Å². The molecule has 2 saturated heterocycles. The average Bonchev–Trinajstić information content (AvgIpc) is 3.24. The molecule has 0 N–H and O–H groups in total. The Hall–Kier alpha value is -3.03. The van der Waals surface area contributed by atoms with Gasteiger partial charge in [-0.3, -0.25) is 14.6 Å². The molecule has 0 saturated carbocycles. The van der Waals surface area contributed by atoms with E-state index in [0.717, 1.165) is 68.1 Å². The van der Waals surface area contributed by atoms with Gasteiger partial charge in [-0.15, -0.1) is 0 Å². The van der Waals surface area contributed by atoms with Gasteiger partial charge in [-0.05, 0) is 57.6 Å². The van der Waals surface area contributed by atoms with Crippen LogP contribution in [0.3, 0.4) is 0 Å². The summed E-state index contributed by atoms with van der Waals surface area (Å²) in [6.45, 7) is 5.26. The van der Waals surface area contributed by atoms with Gasteiger partial charge >= 0.3 is 0 Å². The van der Waals surface area contributed by atoms with Crippen LogP contribution in [0.15, 0.2) is 24.4 Å². The molecule has 2 aromatic rings. The summed E-state index contributed by atoms with van der Waals surface area (Å²) >= 11 is 0. The van der Waals surface area contributed by atoms with E-state index >= 15 is 0 Å². The minimum Gasteiger partial charge on any atom is -0.350 e. The molecule has 8 nitrogen and oxygen atoms in total. The number of nitrogens with zero attached hydrogens (tertiary/aromatic N) is 6. The van der Waals surface area contributed by atoms with Gasteiger partial charge in [0.2, 0.25) is 11.8 Å². The van der Waals surface area contributed by atoms with Gasteiger partial charge in [0, 0.05) is 43.5 Å². The first-order valence-corrected chi connectivity index (χ1v) is 12.2. The number of amides is 2. The third kappa shape index (κ3) is 4.56. The van der Waals surface area contributed by atoms with E-state index in [1.54, 1.807) is 4.90 Å². The Bertz CT molecular complexity index is 1030. The van der Waals surface area contributed by atoms with Crippen molar-refractivity contribution in [3.63, 3.8) is 0 Å². The number of hydrogen-bond donors (Lipinski definition) is 0.